The van der Waals surface area contributed by atoms with Crippen LogP contribution in [0.5, 0.6) is 0 Å². The summed E-state index contributed by atoms with van der Waals surface area (Å²) in [5.74, 6) is 1.01. The molecule has 4 heteroatoms. The van der Waals surface area contributed by atoms with Crippen molar-refractivity contribution in [1.82, 2.24) is 4.98 Å². The average Bonchev–Trinajstić information content (AvgIpc) is 2.49. The van der Waals surface area contributed by atoms with Crippen LogP contribution in [0.1, 0.15) is 18.4 Å². The van der Waals surface area contributed by atoms with E-state index in [4.69, 9.17) is 5.73 Å². The zero-order chi connectivity index (χ0) is 10.4. The van der Waals surface area contributed by atoms with E-state index in [1.54, 1.807) is 6.20 Å². The predicted molar refractivity (Wildman–Crippen MR) is 56.4 cm³/mol. The molecule has 15 heavy (non-hydrogen) atoms. The van der Waals surface area contributed by atoms with Gasteiger partial charge in [-0.3, -0.25) is 9.69 Å². The van der Waals surface area contributed by atoms with E-state index in [-0.39, 0.29) is 18.0 Å². The van der Waals surface area contributed by atoms with Gasteiger partial charge in [-0.1, -0.05) is 6.07 Å². The maximum Gasteiger partial charge on any atom is 0.232 e. The molecule has 1 aromatic rings. The Balaban J connectivity index is 1.93. The molecule has 1 aliphatic carbocycles. The molecule has 78 valence electrons. The second-order valence-corrected chi connectivity index (χ2v) is 4.31. The molecule has 0 atom stereocenters. The van der Waals surface area contributed by atoms with Crippen LogP contribution in [-0.2, 0) is 11.2 Å². The molecule has 1 amide bonds. The van der Waals surface area contributed by atoms with E-state index in [1.165, 1.54) is 0 Å². The first-order chi connectivity index (χ1) is 7.25. The van der Waals surface area contributed by atoms with Crippen molar-refractivity contribution in [3.8, 4) is 0 Å². The van der Waals surface area contributed by atoms with Crippen LogP contribution >= 0.6 is 0 Å². The summed E-state index contributed by atoms with van der Waals surface area (Å²) in [5, 5.41) is 0. The first-order valence-electron chi connectivity index (χ1n) is 5.27. The Bertz CT molecular complexity index is 412. The molecule has 1 saturated carbocycles. The molecule has 2 N–H and O–H groups in total. The van der Waals surface area contributed by atoms with E-state index in [1.807, 2.05) is 17.0 Å². The van der Waals surface area contributed by atoms with Crippen LogP contribution in [0, 0.1) is 0 Å². The lowest BCUT2D eigenvalue weighted by atomic mass is 9.86. The fraction of sp³-hybridized carbons (Fsp3) is 0.455. The fourth-order valence-corrected chi connectivity index (χ4v) is 2.37. The lowest BCUT2D eigenvalue weighted by Crippen LogP contribution is -2.52. The number of nitrogens with two attached hydrogens (primary N) is 1. The first kappa shape index (κ1) is 8.85. The van der Waals surface area contributed by atoms with Gasteiger partial charge in [0.15, 0.2) is 0 Å². The van der Waals surface area contributed by atoms with Gasteiger partial charge in [0.05, 0.1) is 6.42 Å². The Morgan fingerprint density at radius 1 is 1.47 bits per heavy atom. The minimum atomic E-state index is 0.167. The van der Waals surface area contributed by atoms with Crippen LogP contribution in [0.2, 0.25) is 0 Å². The van der Waals surface area contributed by atoms with Crippen molar-refractivity contribution in [2.24, 2.45) is 5.73 Å². The largest absolute Gasteiger partial charge is 0.328 e. The minimum Gasteiger partial charge on any atom is -0.328 e. The fourth-order valence-electron chi connectivity index (χ4n) is 2.37. The molecule has 0 bridgehead atoms. The van der Waals surface area contributed by atoms with E-state index < -0.39 is 0 Å². The Kier molecular flexibility index (Phi) is 1.79. The normalized spacial score (nSPS) is 28.9. The summed E-state index contributed by atoms with van der Waals surface area (Å²) >= 11 is 0. The number of aromatic nitrogens is 1. The van der Waals surface area contributed by atoms with Gasteiger partial charge in [-0.25, -0.2) is 4.98 Å². The Morgan fingerprint density at radius 3 is 3.00 bits per heavy atom. The summed E-state index contributed by atoms with van der Waals surface area (Å²) in [5.41, 5.74) is 6.79. The van der Waals surface area contributed by atoms with Crippen LogP contribution in [0.25, 0.3) is 0 Å². The number of fused-ring (bicyclic) bond motifs is 1. The van der Waals surface area contributed by atoms with E-state index in [0.717, 1.165) is 24.2 Å². The second kappa shape index (κ2) is 3.03. The second-order valence-electron chi connectivity index (χ2n) is 4.31. The molecule has 4 nitrogen and oxygen atoms in total. The average molecular weight is 203 g/mol. The highest BCUT2D eigenvalue weighted by Crippen LogP contribution is 2.34. The molecule has 0 spiro atoms. The molecule has 0 aromatic carbocycles. The quantitative estimate of drug-likeness (QED) is 0.721. The Morgan fingerprint density at radius 2 is 2.27 bits per heavy atom. The third kappa shape index (κ3) is 1.25. The molecule has 1 fully saturated rings. The molecule has 1 aliphatic heterocycles. The number of carbonyl (C=O) groups excluding carboxylic acids is 1. The van der Waals surface area contributed by atoms with Crippen molar-refractivity contribution in [2.75, 3.05) is 4.90 Å². The number of hydrogen-bond donors (Lipinski definition) is 1. The highest BCUT2D eigenvalue weighted by atomic mass is 16.2. The van der Waals surface area contributed by atoms with Gasteiger partial charge in [-0.2, -0.15) is 0 Å². The van der Waals surface area contributed by atoms with Gasteiger partial charge >= 0.3 is 0 Å². The first-order valence-corrected chi connectivity index (χ1v) is 5.27. The van der Waals surface area contributed by atoms with Crippen molar-refractivity contribution >= 4 is 11.7 Å². The van der Waals surface area contributed by atoms with Crippen LogP contribution in [0.15, 0.2) is 18.3 Å². The molecule has 0 radical (unpaired) electrons. The molecular formula is C11H13N3O. The molecule has 1 aromatic heterocycles. The van der Waals surface area contributed by atoms with Gasteiger partial charge in [-0.15, -0.1) is 0 Å². The molecule has 0 saturated heterocycles. The third-order valence-electron chi connectivity index (χ3n) is 3.22. The van der Waals surface area contributed by atoms with E-state index in [9.17, 15) is 4.79 Å². The topological polar surface area (TPSA) is 59.2 Å². The van der Waals surface area contributed by atoms with Crippen LogP contribution in [0.4, 0.5) is 5.82 Å². The smallest absolute Gasteiger partial charge is 0.232 e. The zero-order valence-electron chi connectivity index (χ0n) is 8.39. The Hall–Kier alpha value is -1.42. The maximum absolute atomic E-state index is 11.8. The van der Waals surface area contributed by atoms with Crippen LogP contribution < -0.4 is 10.6 Å². The van der Waals surface area contributed by atoms with E-state index >= 15 is 0 Å². The molecule has 2 aliphatic rings. The van der Waals surface area contributed by atoms with Crippen molar-refractivity contribution in [2.45, 2.75) is 31.3 Å². The lowest BCUT2D eigenvalue weighted by Gasteiger charge is -2.38. The summed E-state index contributed by atoms with van der Waals surface area (Å²) in [6.07, 6.45) is 4.04. The van der Waals surface area contributed by atoms with E-state index in [2.05, 4.69) is 4.98 Å². The number of hydrogen-bond acceptors (Lipinski definition) is 3. The number of amides is 1. The third-order valence-corrected chi connectivity index (χ3v) is 3.22. The summed E-state index contributed by atoms with van der Waals surface area (Å²) in [6, 6.07) is 4.39. The zero-order valence-corrected chi connectivity index (χ0v) is 8.39. The highest BCUT2D eigenvalue weighted by molar-refractivity contribution is 6.00. The number of anilines is 1. The monoisotopic (exact) mass is 203 g/mol. The number of carbonyl (C=O) groups is 1. The summed E-state index contributed by atoms with van der Waals surface area (Å²) in [4.78, 5) is 17.9. The molecule has 0 unspecified atom stereocenters. The molecule has 2 heterocycles. The SMILES string of the molecule is NC1CC(N2C(=O)Cc3cccnc32)C1. The summed E-state index contributed by atoms with van der Waals surface area (Å²) in [7, 11) is 0. The van der Waals surface area contributed by atoms with E-state index in [0.29, 0.717) is 6.42 Å². The van der Waals surface area contributed by atoms with Crippen molar-refractivity contribution in [1.29, 1.82) is 0 Å². The summed E-state index contributed by atoms with van der Waals surface area (Å²) < 4.78 is 0. The van der Waals surface area contributed by atoms with Gasteiger partial charge < -0.3 is 5.73 Å². The minimum absolute atomic E-state index is 0.167. The number of rotatable bonds is 1. The molecule has 3 rings (SSSR count). The van der Waals surface area contributed by atoms with Crippen LogP contribution in [0.3, 0.4) is 0 Å². The lowest BCUT2D eigenvalue weighted by molar-refractivity contribution is -0.118. The predicted octanol–water partition coefficient (Wildman–Crippen LogP) is 0.460. The maximum atomic E-state index is 11.8. The van der Waals surface area contributed by atoms with Gasteiger partial charge in [0.1, 0.15) is 5.82 Å². The van der Waals surface area contributed by atoms with Crippen molar-refractivity contribution < 1.29 is 4.79 Å². The molecular weight excluding hydrogens is 190 g/mol. The van der Waals surface area contributed by atoms with Crippen molar-refractivity contribution in [3.63, 3.8) is 0 Å². The van der Waals surface area contributed by atoms with Gasteiger partial charge in [0.25, 0.3) is 0 Å². The highest BCUT2D eigenvalue weighted by Gasteiger charge is 2.39. The van der Waals surface area contributed by atoms with Crippen LogP contribution in [-0.4, -0.2) is 23.0 Å². The number of pyridine rings is 1. The standard InChI is InChI=1S/C11H13N3O/c12-8-5-9(6-8)14-10(15)4-7-2-1-3-13-11(7)14/h1-3,8-9H,4-6,12H2. The number of nitrogens with zero attached hydrogens (tertiary/aromatic N) is 2. The summed E-state index contributed by atoms with van der Waals surface area (Å²) in [6.45, 7) is 0. The van der Waals surface area contributed by atoms with Gasteiger partial charge in [-0.05, 0) is 18.9 Å². The Labute approximate surface area is 88.1 Å². The van der Waals surface area contributed by atoms with Gasteiger partial charge in [0.2, 0.25) is 5.91 Å². The van der Waals surface area contributed by atoms with Gasteiger partial charge in [0, 0.05) is 23.8 Å². The van der Waals surface area contributed by atoms with Crippen molar-refractivity contribution in [3.05, 3.63) is 23.9 Å².